The van der Waals surface area contributed by atoms with E-state index < -0.39 is 17.1 Å². The molecule has 4 aromatic rings. The fraction of sp³-hybridized carbons (Fsp3) is 0.0625. The van der Waals surface area contributed by atoms with Crippen molar-refractivity contribution in [3.8, 4) is 0 Å². The molecule has 1 aliphatic heterocycles. The number of benzene rings is 4. The van der Waals surface area contributed by atoms with Crippen molar-refractivity contribution in [2.75, 3.05) is 10.2 Å². The number of imide groups is 1. The summed E-state index contributed by atoms with van der Waals surface area (Å²) in [7, 11) is 0. The van der Waals surface area contributed by atoms with Crippen LogP contribution in [0.3, 0.4) is 0 Å². The van der Waals surface area contributed by atoms with Gasteiger partial charge in [-0.25, -0.2) is 4.90 Å². The van der Waals surface area contributed by atoms with Crippen molar-refractivity contribution in [2.24, 2.45) is 0 Å². The van der Waals surface area contributed by atoms with Gasteiger partial charge in [0, 0.05) is 27.0 Å². The molecule has 1 atom stereocenters. The van der Waals surface area contributed by atoms with Gasteiger partial charge in [0.05, 0.1) is 10.9 Å². The number of hydrogen-bond donors (Lipinski definition) is 2. The van der Waals surface area contributed by atoms with Gasteiger partial charge in [0.15, 0.2) is 0 Å². The van der Waals surface area contributed by atoms with Gasteiger partial charge in [-0.05, 0) is 72.3 Å². The summed E-state index contributed by atoms with van der Waals surface area (Å²) in [5.41, 5.74) is 2.33. The van der Waals surface area contributed by atoms with Crippen molar-refractivity contribution in [3.63, 3.8) is 0 Å². The monoisotopic (exact) mass is 625 g/mol. The molecule has 7 nitrogen and oxygen atoms in total. The molecule has 1 aliphatic rings. The van der Waals surface area contributed by atoms with Crippen LogP contribution in [0.5, 0.6) is 0 Å². The van der Waals surface area contributed by atoms with Crippen LogP contribution in [0, 0.1) is 0 Å². The number of nitrogens with zero attached hydrogens (tertiary/aromatic N) is 1. The number of rotatable bonds is 8. The number of carbonyl (C=O) groups is 4. The Balaban J connectivity index is 1.26. The maximum atomic E-state index is 13.2. The molecule has 0 aromatic heterocycles. The molecule has 1 saturated heterocycles. The Morgan fingerprint density at radius 1 is 0.829 bits per heavy atom. The summed E-state index contributed by atoms with van der Waals surface area (Å²) in [6, 6.07) is 31.9. The molecule has 204 valence electrons. The first-order valence-electron chi connectivity index (χ1n) is 12.7. The van der Waals surface area contributed by atoms with Crippen LogP contribution < -0.4 is 15.5 Å². The first-order valence-corrected chi connectivity index (χ1v) is 14.4. The molecular formula is C32H24BrN3O4S. The zero-order chi connectivity index (χ0) is 28.8. The highest BCUT2D eigenvalue weighted by Crippen LogP contribution is 2.34. The minimum Gasteiger partial charge on any atom is -0.321 e. The van der Waals surface area contributed by atoms with E-state index in [4.69, 9.17) is 0 Å². The van der Waals surface area contributed by atoms with Crippen molar-refractivity contribution in [3.05, 3.63) is 130 Å². The summed E-state index contributed by atoms with van der Waals surface area (Å²) < 4.78 is 0.861. The molecule has 0 aliphatic carbocycles. The topological polar surface area (TPSA) is 95.6 Å². The second-order valence-electron chi connectivity index (χ2n) is 9.12. The molecule has 1 unspecified atom stereocenters. The molecule has 4 aromatic carbocycles. The lowest BCUT2D eigenvalue weighted by molar-refractivity contribution is -0.121. The third kappa shape index (κ3) is 7.00. The largest absolute Gasteiger partial charge is 0.321 e. The number of hydrogen-bond acceptors (Lipinski definition) is 5. The highest BCUT2D eigenvalue weighted by atomic mass is 79.9. The van der Waals surface area contributed by atoms with Gasteiger partial charge < -0.3 is 10.6 Å². The molecule has 2 N–H and O–H groups in total. The van der Waals surface area contributed by atoms with Crippen molar-refractivity contribution in [1.29, 1.82) is 0 Å². The normalized spacial score (nSPS) is 15.1. The zero-order valence-corrected chi connectivity index (χ0v) is 24.0. The first-order chi connectivity index (χ1) is 19.9. The molecule has 4 amide bonds. The van der Waals surface area contributed by atoms with Crippen molar-refractivity contribution in [1.82, 2.24) is 5.32 Å². The van der Waals surface area contributed by atoms with E-state index >= 15 is 0 Å². The quantitative estimate of drug-likeness (QED) is 0.177. The summed E-state index contributed by atoms with van der Waals surface area (Å²) in [4.78, 5) is 53.6. The lowest BCUT2D eigenvalue weighted by atomic mass is 10.1. The van der Waals surface area contributed by atoms with Gasteiger partial charge in [-0.2, -0.15) is 0 Å². The Kier molecular flexibility index (Phi) is 8.76. The van der Waals surface area contributed by atoms with Gasteiger partial charge in [0.25, 0.3) is 11.8 Å². The molecule has 1 fully saturated rings. The third-order valence-corrected chi connectivity index (χ3v) is 7.95. The molecule has 0 radical (unpaired) electrons. The number of nitrogens with one attached hydrogen (secondary N) is 2. The Hall–Kier alpha value is -4.47. The molecular weight excluding hydrogens is 602 g/mol. The minimum absolute atomic E-state index is 0.0894. The van der Waals surface area contributed by atoms with Gasteiger partial charge in [-0.15, -0.1) is 11.8 Å². The summed E-state index contributed by atoms with van der Waals surface area (Å²) in [5.74, 6) is -1.39. The molecule has 5 rings (SSSR count). The van der Waals surface area contributed by atoms with Crippen LogP contribution in [-0.2, 0) is 14.4 Å². The van der Waals surface area contributed by atoms with Gasteiger partial charge in [0.1, 0.15) is 5.70 Å². The summed E-state index contributed by atoms with van der Waals surface area (Å²) in [6.45, 7) is 0. The van der Waals surface area contributed by atoms with E-state index in [1.807, 2.05) is 36.4 Å². The third-order valence-electron chi connectivity index (χ3n) is 6.22. The molecule has 1 heterocycles. The SMILES string of the molecule is O=C(Nc1ccc(SC2CC(=O)N(c3ccc(Br)cc3)C2=O)cc1)/C(=C/c1ccccc1)NC(=O)c1ccccc1. The maximum Gasteiger partial charge on any atom is 0.272 e. The molecule has 9 heteroatoms. The van der Waals surface area contributed by atoms with Gasteiger partial charge in [0.2, 0.25) is 11.8 Å². The highest BCUT2D eigenvalue weighted by molar-refractivity contribution is 9.10. The van der Waals surface area contributed by atoms with E-state index in [-0.39, 0.29) is 23.9 Å². The predicted octanol–water partition coefficient (Wildman–Crippen LogP) is 6.28. The van der Waals surface area contributed by atoms with Crippen LogP contribution in [0.4, 0.5) is 11.4 Å². The second kappa shape index (κ2) is 12.8. The standard InChI is InChI=1S/C32H24BrN3O4S/c33-23-11-15-25(16-12-23)36-29(37)20-28(32(36)40)41-26-17-13-24(14-18-26)34-31(39)27(19-21-7-3-1-4-8-21)35-30(38)22-9-5-2-6-10-22/h1-19,28H,20H2,(H,34,39)(H,35,38)/b27-19-. The lowest BCUT2D eigenvalue weighted by Gasteiger charge is -2.15. The van der Waals surface area contributed by atoms with Crippen LogP contribution >= 0.6 is 27.7 Å². The number of halogens is 1. The zero-order valence-electron chi connectivity index (χ0n) is 21.6. The molecule has 41 heavy (non-hydrogen) atoms. The summed E-state index contributed by atoms with van der Waals surface area (Å²) in [6.07, 6.45) is 1.72. The van der Waals surface area contributed by atoms with E-state index in [0.717, 1.165) is 14.9 Å². The van der Waals surface area contributed by atoms with Gasteiger partial charge in [-0.3, -0.25) is 19.2 Å². The van der Waals surface area contributed by atoms with Crippen LogP contribution in [0.15, 0.2) is 124 Å². The van der Waals surface area contributed by atoms with Gasteiger partial charge >= 0.3 is 0 Å². The van der Waals surface area contributed by atoms with Gasteiger partial charge in [-0.1, -0.05) is 64.5 Å². The van der Waals surface area contributed by atoms with Crippen molar-refractivity contribution in [2.45, 2.75) is 16.6 Å². The predicted molar refractivity (Wildman–Crippen MR) is 164 cm³/mol. The van der Waals surface area contributed by atoms with Crippen LogP contribution in [-0.4, -0.2) is 28.9 Å². The minimum atomic E-state index is -0.541. The van der Waals surface area contributed by atoms with Crippen LogP contribution in [0.25, 0.3) is 6.08 Å². The Morgan fingerprint density at radius 3 is 2.12 bits per heavy atom. The Morgan fingerprint density at radius 2 is 1.46 bits per heavy atom. The Bertz CT molecular complexity index is 1610. The average molecular weight is 627 g/mol. The highest BCUT2D eigenvalue weighted by Gasteiger charge is 2.40. The first kappa shape index (κ1) is 28.1. The van der Waals surface area contributed by atoms with E-state index in [1.54, 1.807) is 78.9 Å². The van der Waals surface area contributed by atoms with E-state index in [9.17, 15) is 19.2 Å². The maximum absolute atomic E-state index is 13.2. The Labute approximate surface area is 249 Å². The lowest BCUT2D eigenvalue weighted by Crippen LogP contribution is -2.31. The van der Waals surface area contributed by atoms with E-state index in [2.05, 4.69) is 26.6 Å². The summed E-state index contributed by atoms with van der Waals surface area (Å²) >= 11 is 4.67. The van der Waals surface area contributed by atoms with Crippen molar-refractivity contribution >= 4 is 68.8 Å². The molecule has 0 spiro atoms. The van der Waals surface area contributed by atoms with Crippen LogP contribution in [0.1, 0.15) is 22.3 Å². The molecule has 0 saturated carbocycles. The number of amides is 4. The van der Waals surface area contributed by atoms with E-state index in [1.165, 1.54) is 16.7 Å². The number of thioether (sulfide) groups is 1. The van der Waals surface area contributed by atoms with Crippen LogP contribution in [0.2, 0.25) is 0 Å². The van der Waals surface area contributed by atoms with E-state index in [0.29, 0.717) is 16.9 Å². The number of carbonyl (C=O) groups excluding carboxylic acids is 4. The number of anilines is 2. The molecule has 0 bridgehead atoms. The fourth-order valence-electron chi connectivity index (χ4n) is 4.20. The smallest absolute Gasteiger partial charge is 0.272 e. The van der Waals surface area contributed by atoms with Crippen molar-refractivity contribution < 1.29 is 19.2 Å². The fourth-order valence-corrected chi connectivity index (χ4v) is 5.51. The average Bonchev–Trinajstić information content (AvgIpc) is 3.27. The summed E-state index contributed by atoms with van der Waals surface area (Å²) in [5, 5.41) is 5.00. The second-order valence-corrected chi connectivity index (χ2v) is 11.3.